The predicted molar refractivity (Wildman–Crippen MR) is 194 cm³/mol. The second-order valence-electron chi connectivity index (χ2n) is 11.5. The average molecular weight is 761 g/mol. The van der Waals surface area contributed by atoms with Crippen LogP contribution in [0.5, 0.6) is 11.6 Å². The van der Waals surface area contributed by atoms with Crippen LogP contribution in [0.15, 0.2) is 71.5 Å². The second-order valence-corrected chi connectivity index (χ2v) is 13.8. The van der Waals surface area contributed by atoms with E-state index in [2.05, 4.69) is 15.1 Å². The summed E-state index contributed by atoms with van der Waals surface area (Å²) in [7, 11) is -0.811. The molecule has 268 valence electrons. The first-order valence-corrected chi connectivity index (χ1v) is 17.5. The van der Waals surface area contributed by atoms with Gasteiger partial charge in [0.2, 0.25) is 15.9 Å². The molecule has 6 aromatic rings. The van der Waals surface area contributed by atoms with E-state index in [1.54, 1.807) is 44.3 Å². The van der Waals surface area contributed by atoms with Gasteiger partial charge in [-0.3, -0.25) is 14.0 Å². The largest absolute Gasteiger partial charge is 0.497 e. The third-order valence-electron chi connectivity index (χ3n) is 7.99. The Balaban J connectivity index is 0.00000504. The molecule has 3 heterocycles. The molecule has 2 N–H and O–H groups in total. The Labute approximate surface area is 302 Å². The van der Waals surface area contributed by atoms with Crippen molar-refractivity contribution in [1.82, 2.24) is 24.3 Å². The number of benzene rings is 3. The Morgan fingerprint density at radius 2 is 1.69 bits per heavy atom. The molecule has 1 atom stereocenters. The first-order chi connectivity index (χ1) is 23.8. The molecular weight excluding hydrogens is 727 g/mol. The highest BCUT2D eigenvalue weighted by Gasteiger charge is 2.29. The van der Waals surface area contributed by atoms with Gasteiger partial charge in [-0.15, -0.1) is 12.4 Å². The number of nitrogens with zero attached hydrogens (tertiary/aromatic N) is 6. The lowest BCUT2D eigenvalue weighted by atomic mass is 10.0. The van der Waals surface area contributed by atoms with Gasteiger partial charge in [-0.1, -0.05) is 23.7 Å². The summed E-state index contributed by atoms with van der Waals surface area (Å²) in [6.07, 6.45) is 0.956. The van der Waals surface area contributed by atoms with Gasteiger partial charge in [0.25, 0.3) is 5.56 Å². The summed E-state index contributed by atoms with van der Waals surface area (Å²) >= 11 is 6.78. The van der Waals surface area contributed by atoms with Gasteiger partial charge < -0.3 is 15.2 Å². The van der Waals surface area contributed by atoms with Crippen LogP contribution < -0.4 is 25.1 Å². The highest BCUT2D eigenvalue weighted by atomic mass is 35.5. The van der Waals surface area contributed by atoms with Crippen LogP contribution in [0.25, 0.3) is 27.6 Å². The maximum Gasteiger partial charge on any atom is 0.267 e. The molecule has 0 amide bonds. The summed E-state index contributed by atoms with van der Waals surface area (Å²) in [5.74, 6) is -0.696. The minimum absolute atomic E-state index is 0. The van der Waals surface area contributed by atoms with Gasteiger partial charge >= 0.3 is 0 Å². The molecule has 0 aliphatic heterocycles. The van der Waals surface area contributed by atoms with Crippen molar-refractivity contribution in [2.24, 2.45) is 12.8 Å². The fourth-order valence-electron chi connectivity index (χ4n) is 5.79. The summed E-state index contributed by atoms with van der Waals surface area (Å²) in [4.78, 5) is 23.5. The molecule has 0 saturated heterocycles. The van der Waals surface area contributed by atoms with E-state index in [-0.39, 0.29) is 75.6 Å². The van der Waals surface area contributed by atoms with E-state index in [1.807, 2.05) is 0 Å². The van der Waals surface area contributed by atoms with Gasteiger partial charge in [-0.25, -0.2) is 26.5 Å². The van der Waals surface area contributed by atoms with Gasteiger partial charge in [-0.05, 0) is 66.9 Å². The molecule has 0 aliphatic rings. The number of nitrogens with two attached hydrogens (primary N) is 1. The molecule has 0 aliphatic carbocycles. The Hall–Kier alpha value is -4.83. The summed E-state index contributed by atoms with van der Waals surface area (Å²) < 4.78 is 69.4. The standard InChI is InChI=1S/C34H32ClF2N7O5S.ClH/c1-5-49-28-13-10-24-31(39-28)40-32(26(38)16-20-14-21(36)17-22(37)15-20)44(34(24)45)27-12-11-25(35)29-30(27)42(2)41-33(29)43(50(4,46)47)18-19-6-8-23(48-3)9-7-19;/h6-15,17,26H,5,16,18,38H2,1-4H3;1H/t26-;/m0./s1. The van der Waals surface area contributed by atoms with Crippen LogP contribution in [0.3, 0.4) is 0 Å². The minimum Gasteiger partial charge on any atom is -0.497 e. The van der Waals surface area contributed by atoms with Crippen molar-refractivity contribution in [2.75, 3.05) is 24.3 Å². The lowest BCUT2D eigenvalue weighted by Crippen LogP contribution is -2.30. The number of aromatic nitrogens is 5. The minimum atomic E-state index is -3.93. The van der Waals surface area contributed by atoms with E-state index in [0.717, 1.165) is 28.8 Å². The van der Waals surface area contributed by atoms with Crippen molar-refractivity contribution in [3.05, 3.63) is 111 Å². The molecule has 0 unspecified atom stereocenters. The molecule has 3 aromatic carbocycles. The number of ether oxygens (including phenoxy) is 2. The molecule has 0 saturated carbocycles. The quantitative estimate of drug-likeness (QED) is 0.177. The number of sulfonamides is 1. The van der Waals surface area contributed by atoms with Crippen molar-refractivity contribution in [3.63, 3.8) is 0 Å². The van der Waals surface area contributed by atoms with Crippen molar-refractivity contribution >= 4 is 61.8 Å². The Morgan fingerprint density at radius 1 is 1.00 bits per heavy atom. The maximum absolute atomic E-state index is 14.4. The monoisotopic (exact) mass is 759 g/mol. The fourth-order valence-corrected chi connectivity index (χ4v) is 6.85. The number of rotatable bonds is 11. The smallest absolute Gasteiger partial charge is 0.267 e. The van der Waals surface area contributed by atoms with Crippen LogP contribution in [0.2, 0.25) is 5.02 Å². The highest BCUT2D eigenvalue weighted by Crippen LogP contribution is 2.38. The first kappa shape index (κ1) is 37.4. The summed E-state index contributed by atoms with van der Waals surface area (Å²) in [6.45, 7) is 2.02. The number of fused-ring (bicyclic) bond motifs is 2. The van der Waals surface area contributed by atoms with Crippen LogP contribution in [0.4, 0.5) is 14.6 Å². The number of anilines is 1. The van der Waals surface area contributed by atoms with Crippen molar-refractivity contribution < 1.29 is 26.7 Å². The molecule has 0 bridgehead atoms. The van der Waals surface area contributed by atoms with Crippen LogP contribution in [0, 0.1) is 11.6 Å². The predicted octanol–water partition coefficient (Wildman–Crippen LogP) is 5.64. The third-order valence-corrected chi connectivity index (χ3v) is 9.41. The highest BCUT2D eigenvalue weighted by molar-refractivity contribution is 7.92. The SMILES string of the molecule is CCOc1ccc2c(=O)n(-c3ccc(Cl)c4c(N(Cc5ccc(OC)cc5)S(C)(=O)=O)nn(C)c34)c([C@@H](N)Cc3cc(F)cc(F)c3)nc2n1.Cl. The topological polar surface area (TPSA) is 147 Å². The number of hydrogen-bond acceptors (Lipinski definition) is 9. The third kappa shape index (κ3) is 7.47. The summed E-state index contributed by atoms with van der Waals surface area (Å²) in [6, 6.07) is 15.0. The van der Waals surface area contributed by atoms with E-state index in [1.165, 1.54) is 34.6 Å². The zero-order chi connectivity index (χ0) is 35.9. The van der Waals surface area contributed by atoms with Crippen LogP contribution in [-0.2, 0) is 30.0 Å². The molecule has 3 aromatic heterocycles. The van der Waals surface area contributed by atoms with E-state index in [4.69, 9.17) is 26.8 Å². The van der Waals surface area contributed by atoms with E-state index >= 15 is 0 Å². The van der Waals surface area contributed by atoms with Gasteiger partial charge in [0.15, 0.2) is 11.5 Å². The Kier molecular flexibility index (Phi) is 10.9. The van der Waals surface area contributed by atoms with E-state index in [0.29, 0.717) is 23.4 Å². The molecule has 0 fully saturated rings. The average Bonchev–Trinajstić information content (AvgIpc) is 3.40. The van der Waals surface area contributed by atoms with Crippen molar-refractivity contribution in [3.8, 4) is 17.3 Å². The Morgan fingerprint density at radius 3 is 2.31 bits per heavy atom. The molecule has 17 heteroatoms. The maximum atomic E-state index is 14.4. The number of hydrogen-bond donors (Lipinski definition) is 1. The zero-order valence-electron chi connectivity index (χ0n) is 27.8. The van der Waals surface area contributed by atoms with Crippen molar-refractivity contribution in [1.29, 1.82) is 0 Å². The van der Waals surface area contributed by atoms with Gasteiger partial charge in [0.05, 0.1) is 59.6 Å². The van der Waals surface area contributed by atoms with Gasteiger partial charge in [0.1, 0.15) is 23.2 Å². The fraction of sp³-hybridized carbons (Fsp3) is 0.235. The summed E-state index contributed by atoms with van der Waals surface area (Å²) in [5, 5.41) is 5.14. The molecular formula is C34H33Cl2F2N7O5S. The number of halogens is 4. The normalized spacial score (nSPS) is 12.2. The van der Waals surface area contributed by atoms with Crippen molar-refractivity contribution in [2.45, 2.75) is 25.9 Å². The van der Waals surface area contributed by atoms with Crippen LogP contribution in [0.1, 0.15) is 29.9 Å². The Bertz CT molecular complexity index is 2410. The van der Waals surface area contributed by atoms with E-state index in [9.17, 15) is 22.0 Å². The number of pyridine rings is 1. The van der Waals surface area contributed by atoms with E-state index < -0.39 is 33.3 Å². The molecule has 51 heavy (non-hydrogen) atoms. The van der Waals surface area contributed by atoms with Gasteiger partial charge in [-0.2, -0.15) is 10.1 Å². The molecule has 0 radical (unpaired) electrons. The number of methoxy groups -OCH3 is 1. The molecule has 6 rings (SSSR count). The zero-order valence-corrected chi connectivity index (χ0v) is 30.2. The van der Waals surface area contributed by atoms with Gasteiger partial charge in [0, 0.05) is 19.2 Å². The lowest BCUT2D eigenvalue weighted by molar-refractivity contribution is 0.328. The summed E-state index contributed by atoms with van der Waals surface area (Å²) in [5.41, 5.74) is 7.57. The van der Waals surface area contributed by atoms with Crippen LogP contribution in [-0.4, -0.2) is 52.7 Å². The van der Waals surface area contributed by atoms with Crippen LogP contribution >= 0.6 is 24.0 Å². The number of aryl methyl sites for hydroxylation is 1. The second kappa shape index (κ2) is 14.8. The lowest BCUT2D eigenvalue weighted by Gasteiger charge is -2.21. The molecule has 12 nitrogen and oxygen atoms in total. The molecule has 0 spiro atoms. The first-order valence-electron chi connectivity index (χ1n) is 15.3.